The van der Waals surface area contributed by atoms with Gasteiger partial charge in [-0.2, -0.15) is 0 Å². The summed E-state index contributed by atoms with van der Waals surface area (Å²) >= 11 is 0. The van der Waals surface area contributed by atoms with E-state index >= 15 is 0 Å². The minimum atomic E-state index is -0.948. The Balaban J connectivity index is 2.74. The van der Waals surface area contributed by atoms with Gasteiger partial charge in [-0.25, -0.2) is 0 Å². The molecule has 1 aromatic heterocycles. The van der Waals surface area contributed by atoms with Gasteiger partial charge in [0.2, 0.25) is 0 Å². The molecule has 1 rings (SSSR count). The van der Waals surface area contributed by atoms with Gasteiger partial charge in [0.25, 0.3) is 0 Å². The molecule has 1 atom stereocenters. The summed E-state index contributed by atoms with van der Waals surface area (Å²) in [6.45, 7) is 1.73. The van der Waals surface area contributed by atoms with Gasteiger partial charge in [0.1, 0.15) is 6.10 Å². The second-order valence-corrected chi connectivity index (χ2v) is 2.82. The first-order chi connectivity index (χ1) is 6.65. The van der Waals surface area contributed by atoms with Crippen molar-refractivity contribution in [2.24, 2.45) is 0 Å². The van der Waals surface area contributed by atoms with Crippen molar-refractivity contribution in [1.82, 2.24) is 9.97 Å². The van der Waals surface area contributed by atoms with Crippen LogP contribution in [0, 0.1) is 6.92 Å². The average Bonchev–Trinajstić information content (AvgIpc) is 2.18. The van der Waals surface area contributed by atoms with E-state index in [1.165, 1.54) is 19.5 Å². The highest BCUT2D eigenvalue weighted by molar-refractivity contribution is 5.69. The van der Waals surface area contributed by atoms with E-state index in [9.17, 15) is 9.90 Å². The van der Waals surface area contributed by atoms with Crippen molar-refractivity contribution < 1.29 is 14.6 Å². The van der Waals surface area contributed by atoms with E-state index in [0.29, 0.717) is 11.4 Å². The molecule has 0 amide bonds. The van der Waals surface area contributed by atoms with Gasteiger partial charge >= 0.3 is 5.97 Å². The molecule has 1 heterocycles. The van der Waals surface area contributed by atoms with Gasteiger partial charge in [-0.05, 0) is 6.92 Å². The Kier molecular flexibility index (Phi) is 3.53. The quantitative estimate of drug-likeness (QED) is 0.707. The Bertz CT molecular complexity index is 328. The van der Waals surface area contributed by atoms with Crippen LogP contribution in [-0.2, 0) is 9.53 Å². The van der Waals surface area contributed by atoms with E-state index in [2.05, 4.69) is 14.7 Å². The first-order valence-corrected chi connectivity index (χ1v) is 4.17. The lowest BCUT2D eigenvalue weighted by molar-refractivity contribution is -0.142. The Morgan fingerprint density at radius 1 is 1.57 bits per heavy atom. The van der Waals surface area contributed by atoms with Gasteiger partial charge < -0.3 is 9.84 Å². The molecule has 0 fully saturated rings. The molecule has 0 unspecified atom stereocenters. The van der Waals surface area contributed by atoms with Gasteiger partial charge in [-0.1, -0.05) is 0 Å². The summed E-state index contributed by atoms with van der Waals surface area (Å²) in [5, 5.41) is 9.60. The molecule has 0 bridgehead atoms. The van der Waals surface area contributed by atoms with Crippen LogP contribution in [0.5, 0.6) is 0 Å². The van der Waals surface area contributed by atoms with Crippen LogP contribution in [-0.4, -0.2) is 28.2 Å². The Morgan fingerprint density at radius 2 is 2.21 bits per heavy atom. The summed E-state index contributed by atoms with van der Waals surface area (Å²) in [6.07, 6.45) is 1.96. The van der Waals surface area contributed by atoms with Crippen LogP contribution in [0.1, 0.15) is 23.9 Å². The molecule has 0 saturated carbocycles. The van der Waals surface area contributed by atoms with E-state index in [0.717, 1.165) is 0 Å². The number of methoxy groups -OCH3 is 1. The molecule has 5 heteroatoms. The molecule has 1 aromatic rings. The minimum Gasteiger partial charge on any atom is -0.469 e. The number of aromatic nitrogens is 2. The minimum absolute atomic E-state index is 0.101. The largest absolute Gasteiger partial charge is 0.469 e. The van der Waals surface area contributed by atoms with Crippen LogP contribution in [0.2, 0.25) is 0 Å². The van der Waals surface area contributed by atoms with Crippen LogP contribution >= 0.6 is 0 Å². The van der Waals surface area contributed by atoms with E-state index in [4.69, 9.17) is 0 Å². The Hall–Kier alpha value is -1.49. The average molecular weight is 196 g/mol. The number of ether oxygens (including phenoxy) is 1. The van der Waals surface area contributed by atoms with E-state index < -0.39 is 12.1 Å². The summed E-state index contributed by atoms with van der Waals surface area (Å²) in [6, 6.07) is 0. The summed E-state index contributed by atoms with van der Waals surface area (Å²) in [5.74, 6) is -0.470. The van der Waals surface area contributed by atoms with Crippen molar-refractivity contribution in [1.29, 1.82) is 0 Å². The predicted molar refractivity (Wildman–Crippen MR) is 48.4 cm³/mol. The van der Waals surface area contributed by atoms with Gasteiger partial charge in [0, 0.05) is 12.4 Å². The lowest BCUT2D eigenvalue weighted by Crippen LogP contribution is -2.11. The molecule has 76 valence electrons. The first-order valence-electron chi connectivity index (χ1n) is 4.17. The lowest BCUT2D eigenvalue weighted by atomic mass is 10.1. The fraction of sp³-hybridized carbons (Fsp3) is 0.444. The third-order valence-electron chi connectivity index (χ3n) is 1.82. The molecule has 14 heavy (non-hydrogen) atoms. The summed E-state index contributed by atoms with van der Waals surface area (Å²) in [4.78, 5) is 18.8. The zero-order valence-electron chi connectivity index (χ0n) is 8.10. The molecule has 0 aliphatic carbocycles. The Morgan fingerprint density at radius 3 is 2.79 bits per heavy atom. The third-order valence-corrected chi connectivity index (χ3v) is 1.82. The molecule has 1 N–H and O–H groups in total. The number of aryl methyl sites for hydroxylation is 1. The maximum Gasteiger partial charge on any atom is 0.308 e. The van der Waals surface area contributed by atoms with Gasteiger partial charge in [-0.3, -0.25) is 14.8 Å². The fourth-order valence-electron chi connectivity index (χ4n) is 1.08. The monoisotopic (exact) mass is 196 g/mol. The highest BCUT2D eigenvalue weighted by Gasteiger charge is 2.16. The zero-order valence-corrected chi connectivity index (χ0v) is 8.10. The van der Waals surface area contributed by atoms with Crippen LogP contribution < -0.4 is 0 Å². The Labute approximate surface area is 81.8 Å². The van der Waals surface area contributed by atoms with Gasteiger partial charge in [0.15, 0.2) is 0 Å². The SMILES string of the molecule is COC(=O)C[C@H](O)c1nccnc1C. The van der Waals surface area contributed by atoms with Crippen LogP contribution in [0.4, 0.5) is 0 Å². The molecule has 0 radical (unpaired) electrons. The number of rotatable bonds is 3. The summed E-state index contributed by atoms with van der Waals surface area (Å²) in [7, 11) is 1.28. The van der Waals surface area contributed by atoms with Crippen molar-refractivity contribution in [3.05, 3.63) is 23.8 Å². The van der Waals surface area contributed by atoms with Gasteiger partial charge in [0.05, 0.1) is 24.9 Å². The van der Waals surface area contributed by atoms with E-state index in [1.807, 2.05) is 0 Å². The molecule has 0 saturated heterocycles. The van der Waals surface area contributed by atoms with Gasteiger partial charge in [-0.15, -0.1) is 0 Å². The smallest absolute Gasteiger partial charge is 0.308 e. The van der Waals surface area contributed by atoms with Crippen LogP contribution in [0.25, 0.3) is 0 Å². The van der Waals surface area contributed by atoms with Crippen molar-refractivity contribution in [3.8, 4) is 0 Å². The zero-order chi connectivity index (χ0) is 10.6. The molecule has 0 aliphatic heterocycles. The number of nitrogens with zero attached hydrogens (tertiary/aromatic N) is 2. The highest BCUT2D eigenvalue weighted by Crippen LogP contribution is 2.16. The maximum atomic E-state index is 10.9. The maximum absolute atomic E-state index is 10.9. The predicted octanol–water partition coefficient (Wildman–Crippen LogP) is 0.382. The fourth-order valence-corrected chi connectivity index (χ4v) is 1.08. The summed E-state index contributed by atoms with van der Waals surface area (Å²) in [5.41, 5.74) is 1.03. The standard InChI is InChI=1S/C9H12N2O3/c1-6-9(11-4-3-10-6)7(12)5-8(13)14-2/h3-4,7,12H,5H2,1-2H3/t7-/m0/s1. The number of hydrogen-bond acceptors (Lipinski definition) is 5. The van der Waals surface area contributed by atoms with Crippen molar-refractivity contribution >= 4 is 5.97 Å². The number of carbonyl (C=O) groups is 1. The molecule has 5 nitrogen and oxygen atoms in total. The number of esters is 1. The molecular weight excluding hydrogens is 184 g/mol. The van der Waals surface area contributed by atoms with Crippen molar-refractivity contribution in [2.45, 2.75) is 19.4 Å². The normalized spacial score (nSPS) is 12.2. The molecule has 0 spiro atoms. The van der Waals surface area contributed by atoms with Crippen LogP contribution in [0.15, 0.2) is 12.4 Å². The number of aliphatic hydroxyl groups excluding tert-OH is 1. The number of aliphatic hydroxyl groups is 1. The highest BCUT2D eigenvalue weighted by atomic mass is 16.5. The second-order valence-electron chi connectivity index (χ2n) is 2.82. The number of carbonyl (C=O) groups excluding carboxylic acids is 1. The molecule has 0 aliphatic rings. The van der Waals surface area contributed by atoms with E-state index in [1.54, 1.807) is 6.92 Å². The van der Waals surface area contributed by atoms with Crippen molar-refractivity contribution in [3.63, 3.8) is 0 Å². The second kappa shape index (κ2) is 4.66. The molecular formula is C9H12N2O3. The van der Waals surface area contributed by atoms with Crippen LogP contribution in [0.3, 0.4) is 0 Å². The third kappa shape index (κ3) is 2.50. The topological polar surface area (TPSA) is 72.3 Å². The van der Waals surface area contributed by atoms with E-state index in [-0.39, 0.29) is 6.42 Å². The first kappa shape index (κ1) is 10.6. The summed E-state index contributed by atoms with van der Waals surface area (Å²) < 4.78 is 4.44. The molecule has 0 aromatic carbocycles. The van der Waals surface area contributed by atoms with Crippen molar-refractivity contribution in [2.75, 3.05) is 7.11 Å². The lowest BCUT2D eigenvalue weighted by Gasteiger charge is -2.09. The number of hydrogen-bond donors (Lipinski definition) is 1.